The van der Waals surface area contributed by atoms with Crippen LogP contribution in [0.1, 0.15) is 25.5 Å². The second-order valence-corrected chi connectivity index (χ2v) is 3.36. The van der Waals surface area contributed by atoms with E-state index in [0.29, 0.717) is 5.58 Å². The minimum absolute atomic E-state index is 0.252. The van der Waals surface area contributed by atoms with Gasteiger partial charge in [0.05, 0.1) is 5.69 Å². The maximum Gasteiger partial charge on any atom is 0.167 e. The highest BCUT2D eigenvalue weighted by Gasteiger charge is 2.11. The van der Waals surface area contributed by atoms with Gasteiger partial charge in [-0.15, -0.1) is 0 Å². The molecule has 0 fully saturated rings. The molecule has 0 aliphatic carbocycles. The van der Waals surface area contributed by atoms with Crippen molar-refractivity contribution in [1.82, 2.24) is 5.16 Å². The molecule has 0 aliphatic heterocycles. The Morgan fingerprint density at radius 1 is 1.38 bits per heavy atom. The van der Waals surface area contributed by atoms with Crippen LogP contribution >= 0.6 is 0 Å². The molecule has 3 heteroatoms. The number of fused-ring (bicyclic) bond motifs is 1. The van der Waals surface area contributed by atoms with Crippen molar-refractivity contribution in [2.75, 3.05) is 0 Å². The number of halogens is 1. The fraction of sp³-hybridized carbons (Fsp3) is 0.300. The van der Waals surface area contributed by atoms with Crippen LogP contribution in [0.15, 0.2) is 22.7 Å². The van der Waals surface area contributed by atoms with E-state index in [0.717, 1.165) is 11.1 Å². The average Bonchev–Trinajstić information content (AvgIpc) is 2.46. The Balaban J connectivity index is 2.71. The summed E-state index contributed by atoms with van der Waals surface area (Å²) in [7, 11) is 0. The summed E-state index contributed by atoms with van der Waals surface area (Å²) in [6.07, 6.45) is 0. The van der Waals surface area contributed by atoms with Gasteiger partial charge in [-0.25, -0.2) is 4.39 Å². The molecule has 0 radical (unpaired) electrons. The summed E-state index contributed by atoms with van der Waals surface area (Å²) in [5.41, 5.74) is 1.46. The first kappa shape index (κ1) is 8.23. The van der Waals surface area contributed by atoms with E-state index in [9.17, 15) is 4.39 Å². The summed E-state index contributed by atoms with van der Waals surface area (Å²) >= 11 is 0. The van der Waals surface area contributed by atoms with Gasteiger partial charge in [0.15, 0.2) is 5.58 Å². The van der Waals surface area contributed by atoms with Crippen molar-refractivity contribution in [1.29, 1.82) is 0 Å². The van der Waals surface area contributed by atoms with Gasteiger partial charge in [-0.05, 0) is 24.1 Å². The molecule has 1 aromatic carbocycles. The van der Waals surface area contributed by atoms with Crippen LogP contribution in [0.2, 0.25) is 0 Å². The molecule has 0 atom stereocenters. The standard InChI is InChI=1S/C10H10FNO/c1-6(2)10-8-5-7(11)3-4-9(8)13-12-10/h3-6H,1-2H3. The summed E-state index contributed by atoms with van der Waals surface area (Å²) in [5, 5.41) is 4.67. The highest BCUT2D eigenvalue weighted by Crippen LogP contribution is 2.24. The third-order valence-electron chi connectivity index (χ3n) is 2.01. The van der Waals surface area contributed by atoms with Gasteiger partial charge in [0.25, 0.3) is 0 Å². The van der Waals surface area contributed by atoms with E-state index in [1.54, 1.807) is 6.07 Å². The van der Waals surface area contributed by atoms with E-state index in [2.05, 4.69) is 5.16 Å². The fourth-order valence-electron chi connectivity index (χ4n) is 1.35. The molecule has 1 heterocycles. The summed E-state index contributed by atoms with van der Waals surface area (Å²) in [6, 6.07) is 4.43. The molecule has 68 valence electrons. The normalized spacial score (nSPS) is 11.4. The molecule has 1 aromatic heterocycles. The zero-order chi connectivity index (χ0) is 9.42. The summed E-state index contributed by atoms with van der Waals surface area (Å²) in [6.45, 7) is 4.00. The molecule has 0 saturated heterocycles. The molecule has 2 nitrogen and oxygen atoms in total. The zero-order valence-electron chi connectivity index (χ0n) is 7.54. The van der Waals surface area contributed by atoms with Crippen molar-refractivity contribution in [3.05, 3.63) is 29.7 Å². The van der Waals surface area contributed by atoms with Crippen LogP contribution in [0, 0.1) is 5.82 Å². The lowest BCUT2D eigenvalue weighted by atomic mass is 10.1. The van der Waals surface area contributed by atoms with Gasteiger partial charge in [0, 0.05) is 5.39 Å². The Morgan fingerprint density at radius 2 is 2.15 bits per heavy atom. The minimum atomic E-state index is -0.252. The van der Waals surface area contributed by atoms with Crippen molar-refractivity contribution < 1.29 is 8.91 Å². The van der Waals surface area contributed by atoms with E-state index in [1.165, 1.54) is 12.1 Å². The van der Waals surface area contributed by atoms with Gasteiger partial charge in [-0.2, -0.15) is 0 Å². The van der Waals surface area contributed by atoms with Crippen LogP contribution in [0.3, 0.4) is 0 Å². The fourth-order valence-corrected chi connectivity index (χ4v) is 1.35. The van der Waals surface area contributed by atoms with E-state index < -0.39 is 0 Å². The summed E-state index contributed by atoms with van der Waals surface area (Å²) in [5.74, 6) is 0.000602. The highest BCUT2D eigenvalue weighted by atomic mass is 19.1. The Morgan fingerprint density at radius 3 is 2.85 bits per heavy atom. The lowest BCUT2D eigenvalue weighted by Crippen LogP contribution is -1.87. The molecule has 2 rings (SSSR count). The Bertz CT molecular complexity index is 433. The van der Waals surface area contributed by atoms with Crippen LogP contribution in [-0.4, -0.2) is 5.16 Å². The predicted molar refractivity (Wildman–Crippen MR) is 48.1 cm³/mol. The molecule has 13 heavy (non-hydrogen) atoms. The first-order valence-electron chi connectivity index (χ1n) is 4.23. The molecular formula is C10H10FNO. The Kier molecular flexibility index (Phi) is 1.79. The number of hydrogen-bond acceptors (Lipinski definition) is 2. The molecule has 0 aliphatic rings. The molecule has 0 unspecified atom stereocenters. The monoisotopic (exact) mass is 179 g/mol. The Labute approximate surface area is 75.3 Å². The van der Waals surface area contributed by atoms with Gasteiger partial charge >= 0.3 is 0 Å². The molecule has 0 spiro atoms. The molecule has 0 saturated carbocycles. The third kappa shape index (κ3) is 1.30. The van der Waals surface area contributed by atoms with Crippen molar-refractivity contribution in [2.45, 2.75) is 19.8 Å². The Hall–Kier alpha value is -1.38. The van der Waals surface area contributed by atoms with Crippen molar-refractivity contribution in [2.24, 2.45) is 0 Å². The molecule has 0 amide bonds. The lowest BCUT2D eigenvalue weighted by Gasteiger charge is -1.97. The summed E-state index contributed by atoms with van der Waals surface area (Å²) < 4.78 is 17.9. The second-order valence-electron chi connectivity index (χ2n) is 3.36. The largest absolute Gasteiger partial charge is 0.356 e. The van der Waals surface area contributed by atoms with Gasteiger partial charge < -0.3 is 4.52 Å². The number of rotatable bonds is 1. The summed E-state index contributed by atoms with van der Waals surface area (Å²) in [4.78, 5) is 0. The molecule has 0 bridgehead atoms. The van der Waals surface area contributed by atoms with Gasteiger partial charge in [0.1, 0.15) is 5.82 Å². The zero-order valence-corrected chi connectivity index (χ0v) is 7.54. The SMILES string of the molecule is CC(C)c1noc2ccc(F)cc12. The van der Waals surface area contributed by atoms with E-state index in [-0.39, 0.29) is 11.7 Å². The smallest absolute Gasteiger partial charge is 0.167 e. The maximum absolute atomic E-state index is 12.9. The number of aromatic nitrogens is 1. The van der Waals surface area contributed by atoms with Gasteiger partial charge in [-0.1, -0.05) is 19.0 Å². The van der Waals surface area contributed by atoms with E-state index in [1.807, 2.05) is 13.8 Å². The molecule has 2 aromatic rings. The average molecular weight is 179 g/mol. The van der Waals surface area contributed by atoms with Crippen LogP contribution in [0.4, 0.5) is 4.39 Å². The van der Waals surface area contributed by atoms with E-state index in [4.69, 9.17) is 4.52 Å². The van der Waals surface area contributed by atoms with Crippen LogP contribution in [0.5, 0.6) is 0 Å². The lowest BCUT2D eigenvalue weighted by molar-refractivity contribution is 0.441. The predicted octanol–water partition coefficient (Wildman–Crippen LogP) is 3.09. The highest BCUT2D eigenvalue weighted by molar-refractivity contribution is 5.79. The third-order valence-corrected chi connectivity index (χ3v) is 2.01. The first-order chi connectivity index (χ1) is 6.18. The molecular weight excluding hydrogens is 169 g/mol. The quantitative estimate of drug-likeness (QED) is 0.672. The number of nitrogens with zero attached hydrogens (tertiary/aromatic N) is 1. The topological polar surface area (TPSA) is 26.0 Å². The minimum Gasteiger partial charge on any atom is -0.356 e. The van der Waals surface area contributed by atoms with Gasteiger partial charge in [-0.3, -0.25) is 0 Å². The molecule has 0 N–H and O–H groups in total. The second kappa shape index (κ2) is 2.83. The van der Waals surface area contributed by atoms with Gasteiger partial charge in [0.2, 0.25) is 0 Å². The van der Waals surface area contributed by atoms with Crippen molar-refractivity contribution in [3.8, 4) is 0 Å². The number of benzene rings is 1. The first-order valence-corrected chi connectivity index (χ1v) is 4.23. The van der Waals surface area contributed by atoms with Crippen molar-refractivity contribution in [3.63, 3.8) is 0 Å². The van der Waals surface area contributed by atoms with Crippen LogP contribution < -0.4 is 0 Å². The maximum atomic E-state index is 12.9. The van der Waals surface area contributed by atoms with Crippen LogP contribution in [-0.2, 0) is 0 Å². The number of hydrogen-bond donors (Lipinski definition) is 0. The van der Waals surface area contributed by atoms with E-state index >= 15 is 0 Å². The van der Waals surface area contributed by atoms with Crippen LogP contribution in [0.25, 0.3) is 11.0 Å². The van der Waals surface area contributed by atoms with Crippen molar-refractivity contribution >= 4 is 11.0 Å².